The van der Waals surface area contributed by atoms with Crippen molar-refractivity contribution in [3.8, 4) is 34.4 Å². The quantitative estimate of drug-likeness (QED) is 0.0966. The minimum absolute atomic E-state index is 0.00676. The molecule has 15 heteroatoms. The lowest BCUT2D eigenvalue weighted by Gasteiger charge is -2.30. The lowest BCUT2D eigenvalue weighted by Crippen LogP contribution is -2.34. The van der Waals surface area contributed by atoms with Crippen molar-refractivity contribution in [1.82, 2.24) is 19.4 Å². The summed E-state index contributed by atoms with van der Waals surface area (Å²) in [7, 11) is 1.53. The number of hydrogen-bond donors (Lipinski definition) is 1. The molecule has 1 aliphatic heterocycles. The van der Waals surface area contributed by atoms with Crippen LogP contribution in [0.25, 0.3) is 27.6 Å². The van der Waals surface area contributed by atoms with Gasteiger partial charge >= 0.3 is 6.36 Å². The van der Waals surface area contributed by atoms with Gasteiger partial charge in [-0.25, -0.2) is 9.37 Å². The summed E-state index contributed by atoms with van der Waals surface area (Å²) < 4.78 is 76.4. The molecule has 0 aliphatic carbocycles. The Balaban J connectivity index is 1.07. The standard InChI is InChI=1S/C41H37F4N5O6/c1-25-15-19-49(20-16-25)18-5-21-54-37-24-32-29(23-36(37)53-2)34(14-17-46-32)55-35-13-8-26(22-30(35)42)47-39(51)38-40(52)50(33-7-4-3-6-31(33)48-38)27-9-11-28(12-10-27)56-41(43,44)45/h3-4,6-14,17,22-25H,5,15-16,18-21H2,1-2H3,(H,47,51). The first-order valence-corrected chi connectivity index (χ1v) is 17.9. The van der Waals surface area contributed by atoms with Gasteiger partial charge in [-0.15, -0.1) is 13.2 Å². The minimum Gasteiger partial charge on any atom is -0.493 e. The van der Waals surface area contributed by atoms with E-state index in [1.165, 1.54) is 50.4 Å². The molecule has 56 heavy (non-hydrogen) atoms. The van der Waals surface area contributed by atoms with Gasteiger partial charge in [0, 0.05) is 41.6 Å². The van der Waals surface area contributed by atoms with Crippen LogP contribution in [0.1, 0.15) is 36.7 Å². The Morgan fingerprint density at radius 3 is 2.41 bits per heavy atom. The van der Waals surface area contributed by atoms with Crippen molar-refractivity contribution in [2.45, 2.75) is 32.5 Å². The van der Waals surface area contributed by atoms with Crippen LogP contribution in [-0.2, 0) is 0 Å². The highest BCUT2D eigenvalue weighted by molar-refractivity contribution is 6.03. The van der Waals surface area contributed by atoms with Crippen molar-refractivity contribution in [1.29, 1.82) is 0 Å². The summed E-state index contributed by atoms with van der Waals surface area (Å²) in [5.41, 5.74) is -0.116. The average molecular weight is 772 g/mol. The van der Waals surface area contributed by atoms with Crippen LogP contribution >= 0.6 is 0 Å². The van der Waals surface area contributed by atoms with E-state index in [1.807, 2.05) is 0 Å². The van der Waals surface area contributed by atoms with Crippen LogP contribution in [0.15, 0.2) is 95.9 Å². The van der Waals surface area contributed by atoms with Gasteiger partial charge < -0.3 is 29.2 Å². The summed E-state index contributed by atoms with van der Waals surface area (Å²) >= 11 is 0. The Hall–Kier alpha value is -6.22. The van der Waals surface area contributed by atoms with Crippen LogP contribution in [0.5, 0.6) is 28.7 Å². The second kappa shape index (κ2) is 16.3. The maximum absolute atomic E-state index is 15.5. The van der Waals surface area contributed by atoms with Gasteiger partial charge in [-0.05, 0) is 98.9 Å². The number of para-hydroxylation sites is 2. The van der Waals surface area contributed by atoms with E-state index in [2.05, 4.69) is 31.8 Å². The third-order valence-electron chi connectivity index (χ3n) is 9.45. The fourth-order valence-electron chi connectivity index (χ4n) is 6.55. The summed E-state index contributed by atoms with van der Waals surface area (Å²) in [5.74, 6) is -0.313. The highest BCUT2D eigenvalue weighted by Crippen LogP contribution is 2.38. The number of carbonyl (C=O) groups excluding carboxylic acids is 1. The Morgan fingerprint density at radius 1 is 0.911 bits per heavy atom. The van der Waals surface area contributed by atoms with Crippen molar-refractivity contribution in [3.63, 3.8) is 0 Å². The van der Waals surface area contributed by atoms with Gasteiger partial charge in [0.15, 0.2) is 28.8 Å². The Kier molecular flexibility index (Phi) is 11.0. The maximum atomic E-state index is 15.5. The highest BCUT2D eigenvalue weighted by Gasteiger charge is 2.31. The monoisotopic (exact) mass is 771 g/mol. The van der Waals surface area contributed by atoms with Crippen LogP contribution in [0.4, 0.5) is 23.2 Å². The van der Waals surface area contributed by atoms with Crippen LogP contribution in [-0.4, -0.2) is 65.1 Å². The molecule has 1 saturated heterocycles. The van der Waals surface area contributed by atoms with E-state index >= 15 is 4.39 Å². The lowest BCUT2D eigenvalue weighted by atomic mass is 9.99. The van der Waals surface area contributed by atoms with Crippen molar-refractivity contribution < 1.29 is 41.3 Å². The first-order chi connectivity index (χ1) is 27.0. The van der Waals surface area contributed by atoms with Crippen LogP contribution in [0.2, 0.25) is 0 Å². The molecule has 1 amide bonds. The predicted molar refractivity (Wildman–Crippen MR) is 202 cm³/mol. The van der Waals surface area contributed by atoms with Gasteiger partial charge in [0.25, 0.3) is 11.5 Å². The number of halogens is 4. The van der Waals surface area contributed by atoms with E-state index in [9.17, 15) is 22.8 Å². The summed E-state index contributed by atoms with van der Waals surface area (Å²) in [6, 6.07) is 19.8. The first-order valence-electron chi connectivity index (χ1n) is 17.9. The average Bonchev–Trinajstić information content (AvgIpc) is 3.17. The fraction of sp³-hybridized carbons (Fsp3) is 0.268. The molecular formula is C41H37F4N5O6. The number of amides is 1. The number of hydrogen-bond acceptors (Lipinski definition) is 9. The van der Waals surface area contributed by atoms with Gasteiger partial charge in [0.05, 0.1) is 30.3 Å². The molecule has 1 aliphatic rings. The molecule has 6 aromatic rings. The molecule has 0 bridgehead atoms. The summed E-state index contributed by atoms with van der Waals surface area (Å²) in [6.07, 6.45) is -0.0769. The number of ether oxygens (including phenoxy) is 4. The molecule has 4 aromatic carbocycles. The number of rotatable bonds is 12. The normalized spacial score (nSPS) is 13.8. The zero-order valence-corrected chi connectivity index (χ0v) is 30.4. The number of piperidine rings is 1. The maximum Gasteiger partial charge on any atom is 0.573 e. The topological polar surface area (TPSA) is 117 Å². The predicted octanol–water partition coefficient (Wildman–Crippen LogP) is 8.53. The second-order valence-electron chi connectivity index (χ2n) is 13.4. The molecule has 11 nitrogen and oxygen atoms in total. The zero-order valence-electron chi connectivity index (χ0n) is 30.4. The number of alkyl halides is 3. The van der Waals surface area contributed by atoms with E-state index in [4.69, 9.17) is 14.2 Å². The van der Waals surface area contributed by atoms with Gasteiger partial charge in [-0.3, -0.25) is 19.1 Å². The number of benzene rings is 4. The minimum atomic E-state index is -4.90. The third kappa shape index (κ3) is 8.68. The van der Waals surface area contributed by atoms with Gasteiger partial charge in [-0.1, -0.05) is 19.1 Å². The molecule has 3 heterocycles. The smallest absolute Gasteiger partial charge is 0.493 e. The number of fused-ring (bicyclic) bond motifs is 2. The number of aromatic nitrogens is 3. The highest BCUT2D eigenvalue weighted by atomic mass is 19.4. The van der Waals surface area contributed by atoms with Crippen molar-refractivity contribution in [2.75, 3.05) is 38.7 Å². The fourth-order valence-corrected chi connectivity index (χ4v) is 6.55. The SMILES string of the molecule is COc1cc2c(Oc3ccc(NC(=O)c4nc5ccccc5n(-c5ccc(OC(F)(F)F)cc5)c4=O)cc3F)ccnc2cc1OCCCN1CCC(C)CC1. The molecule has 290 valence electrons. The number of pyridine rings is 1. The van der Waals surface area contributed by atoms with Crippen molar-refractivity contribution >= 4 is 33.5 Å². The summed E-state index contributed by atoms with van der Waals surface area (Å²) in [6.45, 7) is 5.96. The number of nitrogens with one attached hydrogen (secondary N) is 1. The van der Waals surface area contributed by atoms with E-state index < -0.39 is 35.1 Å². The molecule has 1 N–H and O–H groups in total. The van der Waals surface area contributed by atoms with Crippen LogP contribution < -0.4 is 29.8 Å². The zero-order chi connectivity index (χ0) is 39.4. The molecular weight excluding hydrogens is 734 g/mol. The number of nitrogens with zero attached hydrogens (tertiary/aromatic N) is 4. The Bertz CT molecular complexity index is 2430. The Morgan fingerprint density at radius 2 is 1.68 bits per heavy atom. The molecule has 2 aromatic heterocycles. The van der Waals surface area contributed by atoms with E-state index in [0.717, 1.165) is 54.7 Å². The summed E-state index contributed by atoms with van der Waals surface area (Å²) in [4.78, 5) is 38.3. The number of anilines is 1. The van der Waals surface area contributed by atoms with Crippen LogP contribution in [0.3, 0.4) is 0 Å². The molecule has 7 rings (SSSR count). The molecule has 0 spiro atoms. The third-order valence-corrected chi connectivity index (χ3v) is 9.45. The van der Waals surface area contributed by atoms with E-state index in [1.54, 1.807) is 42.5 Å². The summed E-state index contributed by atoms with van der Waals surface area (Å²) in [5, 5.41) is 3.06. The molecule has 0 saturated carbocycles. The number of carbonyl (C=O) groups is 1. The van der Waals surface area contributed by atoms with Gasteiger partial charge in [0.2, 0.25) is 0 Å². The van der Waals surface area contributed by atoms with Gasteiger partial charge in [-0.2, -0.15) is 0 Å². The van der Waals surface area contributed by atoms with Crippen molar-refractivity contribution in [2.24, 2.45) is 5.92 Å². The molecule has 0 unspecified atom stereocenters. The van der Waals surface area contributed by atoms with Gasteiger partial charge in [0.1, 0.15) is 11.5 Å². The van der Waals surface area contributed by atoms with E-state index in [-0.39, 0.29) is 22.6 Å². The van der Waals surface area contributed by atoms with E-state index in [0.29, 0.717) is 40.3 Å². The first kappa shape index (κ1) is 38.1. The number of methoxy groups -OCH3 is 1. The molecule has 0 radical (unpaired) electrons. The molecule has 1 fully saturated rings. The molecule has 0 atom stereocenters. The van der Waals surface area contributed by atoms with Crippen LogP contribution in [0, 0.1) is 11.7 Å². The lowest BCUT2D eigenvalue weighted by molar-refractivity contribution is -0.274. The number of likely N-dealkylation sites (tertiary alicyclic amines) is 1. The largest absolute Gasteiger partial charge is 0.573 e. The second-order valence-corrected chi connectivity index (χ2v) is 13.4. The Labute approximate surface area is 318 Å². The van der Waals surface area contributed by atoms with Crippen molar-refractivity contribution in [3.05, 3.63) is 113 Å².